The van der Waals surface area contributed by atoms with Crippen molar-refractivity contribution in [1.29, 1.82) is 0 Å². The number of benzene rings is 2. The molecule has 2 rings (SSSR count). The van der Waals surface area contributed by atoms with E-state index in [1.165, 1.54) is 5.56 Å². The highest BCUT2D eigenvalue weighted by Crippen LogP contribution is 2.18. The predicted molar refractivity (Wildman–Crippen MR) is 95.3 cm³/mol. The second-order valence-corrected chi connectivity index (χ2v) is 5.74. The van der Waals surface area contributed by atoms with Gasteiger partial charge in [-0.1, -0.05) is 48.5 Å². The van der Waals surface area contributed by atoms with Gasteiger partial charge in [0.1, 0.15) is 5.75 Å². The summed E-state index contributed by atoms with van der Waals surface area (Å²) >= 11 is 0. The van der Waals surface area contributed by atoms with E-state index < -0.39 is 5.97 Å². The van der Waals surface area contributed by atoms with E-state index in [1.807, 2.05) is 49.4 Å². The van der Waals surface area contributed by atoms with Gasteiger partial charge in [-0.05, 0) is 31.4 Å². The fourth-order valence-corrected chi connectivity index (χ4v) is 2.67. The lowest BCUT2D eigenvalue weighted by Crippen LogP contribution is -2.31. The van der Waals surface area contributed by atoms with Crippen LogP contribution in [0.1, 0.15) is 30.9 Å². The molecule has 0 spiro atoms. The number of rotatable bonds is 10. The van der Waals surface area contributed by atoms with Gasteiger partial charge in [0.05, 0.1) is 6.61 Å². The first-order valence-electron chi connectivity index (χ1n) is 8.39. The van der Waals surface area contributed by atoms with Crippen molar-refractivity contribution in [2.24, 2.45) is 0 Å². The Labute approximate surface area is 143 Å². The van der Waals surface area contributed by atoms with E-state index >= 15 is 0 Å². The van der Waals surface area contributed by atoms with Crippen LogP contribution in [0.4, 0.5) is 0 Å². The number of carboxylic acid groups (broad SMARTS) is 1. The van der Waals surface area contributed by atoms with Gasteiger partial charge in [0, 0.05) is 24.6 Å². The number of para-hydroxylation sites is 1. The van der Waals surface area contributed by atoms with Crippen LogP contribution in [-0.2, 0) is 17.8 Å². The standard InChI is InChI=1S/C20H25NO3/c1-2-24-19-11-7-6-10-17(19)15-21-18(12-13-20(22)23)14-16-8-4-3-5-9-16/h3-11,18,21H,2,12-15H2,1H3,(H,22,23). The van der Waals surface area contributed by atoms with Gasteiger partial charge < -0.3 is 15.2 Å². The molecule has 0 fully saturated rings. The number of hydrogen-bond acceptors (Lipinski definition) is 3. The van der Waals surface area contributed by atoms with Gasteiger partial charge in [-0.2, -0.15) is 0 Å². The van der Waals surface area contributed by atoms with Crippen molar-refractivity contribution in [3.63, 3.8) is 0 Å². The topological polar surface area (TPSA) is 58.6 Å². The highest BCUT2D eigenvalue weighted by atomic mass is 16.5. The molecule has 0 aliphatic heterocycles. The average Bonchev–Trinajstić information content (AvgIpc) is 2.59. The Balaban J connectivity index is 2.00. The van der Waals surface area contributed by atoms with Crippen LogP contribution in [0.25, 0.3) is 0 Å². The Morgan fingerprint density at radius 1 is 1.12 bits per heavy atom. The normalized spacial score (nSPS) is 11.9. The highest BCUT2D eigenvalue weighted by Gasteiger charge is 2.12. The molecule has 1 unspecified atom stereocenters. The van der Waals surface area contributed by atoms with Crippen LogP contribution in [0.5, 0.6) is 5.75 Å². The Kier molecular flexibility index (Phi) is 7.30. The van der Waals surface area contributed by atoms with Gasteiger partial charge in [-0.15, -0.1) is 0 Å². The van der Waals surface area contributed by atoms with Crippen LogP contribution in [0.3, 0.4) is 0 Å². The number of nitrogens with one attached hydrogen (secondary N) is 1. The third-order valence-electron chi connectivity index (χ3n) is 3.89. The minimum Gasteiger partial charge on any atom is -0.494 e. The van der Waals surface area contributed by atoms with Crippen molar-refractivity contribution < 1.29 is 14.6 Å². The van der Waals surface area contributed by atoms with Gasteiger partial charge in [0.15, 0.2) is 0 Å². The number of carbonyl (C=O) groups is 1. The van der Waals surface area contributed by atoms with Gasteiger partial charge in [-0.3, -0.25) is 4.79 Å². The molecular formula is C20H25NO3. The minimum absolute atomic E-state index is 0.109. The molecule has 0 aliphatic rings. The second-order valence-electron chi connectivity index (χ2n) is 5.74. The van der Waals surface area contributed by atoms with Crippen LogP contribution in [-0.4, -0.2) is 23.7 Å². The zero-order chi connectivity index (χ0) is 17.2. The lowest BCUT2D eigenvalue weighted by molar-refractivity contribution is -0.137. The van der Waals surface area contributed by atoms with Gasteiger partial charge in [-0.25, -0.2) is 0 Å². The van der Waals surface area contributed by atoms with Crippen LogP contribution in [0, 0.1) is 0 Å². The monoisotopic (exact) mass is 327 g/mol. The Bertz CT molecular complexity index is 628. The van der Waals surface area contributed by atoms with Crippen LogP contribution in [0.15, 0.2) is 54.6 Å². The third kappa shape index (κ3) is 6.05. The third-order valence-corrected chi connectivity index (χ3v) is 3.89. The van der Waals surface area contributed by atoms with Crippen molar-refractivity contribution >= 4 is 5.97 Å². The van der Waals surface area contributed by atoms with E-state index in [2.05, 4.69) is 17.4 Å². The molecule has 2 aromatic carbocycles. The maximum atomic E-state index is 10.9. The second kappa shape index (κ2) is 9.73. The molecule has 0 saturated heterocycles. The molecule has 0 aromatic heterocycles. The molecule has 0 saturated carbocycles. The molecule has 4 nitrogen and oxygen atoms in total. The number of ether oxygens (including phenoxy) is 1. The molecule has 0 bridgehead atoms. The maximum absolute atomic E-state index is 10.9. The summed E-state index contributed by atoms with van der Waals surface area (Å²) in [6, 6.07) is 18.2. The summed E-state index contributed by atoms with van der Waals surface area (Å²) in [6.07, 6.45) is 1.57. The fraction of sp³-hybridized carbons (Fsp3) is 0.350. The first-order valence-corrected chi connectivity index (χ1v) is 8.39. The highest BCUT2D eigenvalue weighted by molar-refractivity contribution is 5.66. The van der Waals surface area contributed by atoms with E-state index in [0.29, 0.717) is 19.6 Å². The molecule has 0 aliphatic carbocycles. The van der Waals surface area contributed by atoms with E-state index in [0.717, 1.165) is 17.7 Å². The van der Waals surface area contributed by atoms with Crippen molar-refractivity contribution in [1.82, 2.24) is 5.32 Å². The Morgan fingerprint density at radius 3 is 2.54 bits per heavy atom. The molecule has 2 aromatic rings. The number of aliphatic carboxylic acids is 1. The molecule has 2 N–H and O–H groups in total. The molecule has 0 heterocycles. The maximum Gasteiger partial charge on any atom is 0.303 e. The van der Waals surface area contributed by atoms with Crippen molar-refractivity contribution in [2.75, 3.05) is 6.61 Å². The van der Waals surface area contributed by atoms with E-state index in [4.69, 9.17) is 9.84 Å². The quantitative estimate of drug-likeness (QED) is 0.699. The van der Waals surface area contributed by atoms with Crippen LogP contribution < -0.4 is 10.1 Å². The lowest BCUT2D eigenvalue weighted by Gasteiger charge is -2.19. The summed E-state index contributed by atoms with van der Waals surface area (Å²) in [7, 11) is 0. The van der Waals surface area contributed by atoms with E-state index in [1.54, 1.807) is 0 Å². The van der Waals surface area contributed by atoms with E-state index in [-0.39, 0.29) is 12.5 Å². The first kappa shape index (κ1) is 18.0. The smallest absolute Gasteiger partial charge is 0.303 e. The van der Waals surface area contributed by atoms with Gasteiger partial charge >= 0.3 is 5.97 Å². The van der Waals surface area contributed by atoms with Gasteiger partial charge in [0.2, 0.25) is 0 Å². The van der Waals surface area contributed by atoms with Gasteiger partial charge in [0.25, 0.3) is 0 Å². The summed E-state index contributed by atoms with van der Waals surface area (Å²) in [5.41, 5.74) is 2.30. The SMILES string of the molecule is CCOc1ccccc1CNC(CCC(=O)O)Cc1ccccc1. The van der Waals surface area contributed by atoms with Crippen molar-refractivity contribution in [3.8, 4) is 5.75 Å². The summed E-state index contributed by atoms with van der Waals surface area (Å²) < 4.78 is 5.65. The molecule has 1 atom stereocenters. The fourth-order valence-electron chi connectivity index (χ4n) is 2.67. The predicted octanol–water partition coefficient (Wildman–Crippen LogP) is 3.65. The molecule has 0 amide bonds. The Hall–Kier alpha value is -2.33. The molecule has 128 valence electrons. The van der Waals surface area contributed by atoms with Crippen molar-refractivity contribution in [3.05, 3.63) is 65.7 Å². The zero-order valence-electron chi connectivity index (χ0n) is 14.1. The van der Waals surface area contributed by atoms with E-state index in [9.17, 15) is 4.79 Å². The van der Waals surface area contributed by atoms with Crippen LogP contribution >= 0.6 is 0 Å². The molecular weight excluding hydrogens is 302 g/mol. The molecule has 4 heteroatoms. The zero-order valence-corrected chi connectivity index (χ0v) is 14.1. The summed E-state index contributed by atoms with van der Waals surface area (Å²) in [6.45, 7) is 3.26. The summed E-state index contributed by atoms with van der Waals surface area (Å²) in [5.74, 6) is 0.119. The number of carboxylic acids is 1. The van der Waals surface area contributed by atoms with Crippen LogP contribution in [0.2, 0.25) is 0 Å². The molecule has 24 heavy (non-hydrogen) atoms. The minimum atomic E-state index is -0.760. The number of hydrogen-bond donors (Lipinski definition) is 2. The summed E-state index contributed by atoms with van der Waals surface area (Å²) in [5, 5.41) is 12.5. The Morgan fingerprint density at radius 2 is 1.83 bits per heavy atom. The first-order chi connectivity index (χ1) is 11.7. The average molecular weight is 327 g/mol. The molecule has 0 radical (unpaired) electrons. The van der Waals surface area contributed by atoms with Crippen molar-refractivity contribution in [2.45, 2.75) is 38.8 Å². The lowest BCUT2D eigenvalue weighted by atomic mass is 10.0. The largest absolute Gasteiger partial charge is 0.494 e. The summed E-state index contributed by atoms with van der Waals surface area (Å²) in [4.78, 5) is 10.9.